The van der Waals surface area contributed by atoms with Crippen LogP contribution >= 0.6 is 0 Å². The molecule has 5 nitrogen and oxygen atoms in total. The molecule has 2 fully saturated rings. The Morgan fingerprint density at radius 3 is 2.79 bits per heavy atom. The van der Waals surface area contributed by atoms with Crippen molar-refractivity contribution in [2.45, 2.75) is 24.2 Å². The molecule has 2 bridgehead atoms. The van der Waals surface area contributed by atoms with Crippen molar-refractivity contribution in [3.8, 4) is 11.5 Å². The van der Waals surface area contributed by atoms with Gasteiger partial charge in [-0.2, -0.15) is 0 Å². The van der Waals surface area contributed by atoms with Crippen LogP contribution in [0.4, 0.5) is 0 Å². The SMILES string of the molecule is COC(=O)C12CNCC1C1(c3ccc(OC)c(O)c3)CCC2c2ccccc21. The molecule has 0 radical (unpaired) electrons. The Morgan fingerprint density at radius 2 is 2.04 bits per heavy atom. The van der Waals surface area contributed by atoms with Crippen molar-refractivity contribution >= 4 is 5.97 Å². The molecule has 28 heavy (non-hydrogen) atoms. The molecule has 3 aliphatic carbocycles. The average molecular weight is 379 g/mol. The lowest BCUT2D eigenvalue weighted by Crippen LogP contribution is -2.60. The van der Waals surface area contributed by atoms with E-state index in [1.54, 1.807) is 7.11 Å². The van der Waals surface area contributed by atoms with Gasteiger partial charge in [0.05, 0.1) is 19.6 Å². The maximum Gasteiger partial charge on any atom is 0.314 e. The molecule has 4 unspecified atom stereocenters. The summed E-state index contributed by atoms with van der Waals surface area (Å²) in [6, 6.07) is 14.2. The highest BCUT2D eigenvalue weighted by atomic mass is 16.5. The third-order valence-corrected chi connectivity index (χ3v) is 7.51. The Balaban J connectivity index is 1.81. The van der Waals surface area contributed by atoms with Crippen molar-refractivity contribution in [1.29, 1.82) is 0 Å². The monoisotopic (exact) mass is 379 g/mol. The second-order valence-corrected chi connectivity index (χ2v) is 8.25. The number of ether oxygens (including phenoxy) is 2. The lowest BCUT2D eigenvalue weighted by molar-refractivity contribution is -0.161. The zero-order chi connectivity index (χ0) is 19.5. The van der Waals surface area contributed by atoms with E-state index < -0.39 is 5.41 Å². The zero-order valence-corrected chi connectivity index (χ0v) is 16.2. The molecular formula is C23H25NO4. The second kappa shape index (κ2) is 5.98. The quantitative estimate of drug-likeness (QED) is 0.803. The number of hydrogen-bond acceptors (Lipinski definition) is 5. The van der Waals surface area contributed by atoms with Gasteiger partial charge in [0.1, 0.15) is 0 Å². The molecule has 1 saturated heterocycles. The lowest BCUT2D eigenvalue weighted by Gasteiger charge is -2.59. The fourth-order valence-electron chi connectivity index (χ4n) is 6.49. The van der Waals surface area contributed by atoms with E-state index in [2.05, 4.69) is 29.6 Å². The van der Waals surface area contributed by atoms with Crippen LogP contribution in [-0.2, 0) is 14.9 Å². The minimum absolute atomic E-state index is 0.0777. The molecule has 4 atom stereocenters. The standard InChI is InChI=1S/C23H25NO4/c1-27-19-8-7-14(11-18(19)25)22-10-9-17(15-5-3-4-6-16(15)22)23(21(26)28-2)13-24-12-20(22)23/h3-8,11,17,20,24-25H,9-10,12-13H2,1-2H3. The number of rotatable bonds is 3. The number of esters is 1. The van der Waals surface area contributed by atoms with Gasteiger partial charge < -0.3 is 19.9 Å². The van der Waals surface area contributed by atoms with Gasteiger partial charge in [-0.1, -0.05) is 30.3 Å². The minimum atomic E-state index is -0.573. The summed E-state index contributed by atoms with van der Waals surface area (Å²) >= 11 is 0. The van der Waals surface area contributed by atoms with E-state index in [1.165, 1.54) is 18.2 Å². The highest BCUT2D eigenvalue weighted by molar-refractivity contribution is 5.82. The lowest BCUT2D eigenvalue weighted by atomic mass is 9.42. The van der Waals surface area contributed by atoms with Gasteiger partial charge in [-0.15, -0.1) is 0 Å². The molecule has 2 aromatic carbocycles. The Labute approximate surface area is 164 Å². The summed E-state index contributed by atoms with van der Waals surface area (Å²) < 4.78 is 10.6. The Hall–Kier alpha value is -2.53. The molecule has 1 aliphatic heterocycles. The number of nitrogens with one attached hydrogen (secondary N) is 1. The third kappa shape index (κ3) is 1.92. The van der Waals surface area contributed by atoms with Gasteiger partial charge in [0.25, 0.3) is 0 Å². The van der Waals surface area contributed by atoms with Crippen LogP contribution in [0.5, 0.6) is 11.5 Å². The summed E-state index contributed by atoms with van der Waals surface area (Å²) in [5.74, 6) is 0.707. The number of carbonyl (C=O) groups is 1. The number of benzene rings is 2. The number of phenolic OH excluding ortho intramolecular Hbond substituents is 1. The largest absolute Gasteiger partial charge is 0.504 e. The summed E-state index contributed by atoms with van der Waals surface area (Å²) in [6.07, 6.45) is 1.88. The molecule has 4 aliphatic rings. The van der Waals surface area contributed by atoms with Gasteiger partial charge >= 0.3 is 5.97 Å². The van der Waals surface area contributed by atoms with E-state index in [4.69, 9.17) is 9.47 Å². The Bertz CT molecular complexity index is 957. The Morgan fingerprint density at radius 1 is 1.21 bits per heavy atom. The number of phenols is 1. The van der Waals surface area contributed by atoms with E-state index in [-0.39, 0.29) is 29.0 Å². The molecule has 1 heterocycles. The van der Waals surface area contributed by atoms with Gasteiger partial charge in [-0.05, 0) is 41.7 Å². The van der Waals surface area contributed by atoms with Crippen molar-refractivity contribution in [2.24, 2.45) is 11.3 Å². The number of methoxy groups -OCH3 is 2. The van der Waals surface area contributed by atoms with Crippen LogP contribution in [0.3, 0.4) is 0 Å². The molecule has 146 valence electrons. The van der Waals surface area contributed by atoms with Crippen LogP contribution < -0.4 is 10.1 Å². The van der Waals surface area contributed by atoms with Crippen molar-refractivity contribution < 1.29 is 19.4 Å². The van der Waals surface area contributed by atoms with Gasteiger partial charge in [-0.3, -0.25) is 4.79 Å². The van der Waals surface area contributed by atoms with Gasteiger partial charge in [-0.25, -0.2) is 0 Å². The third-order valence-electron chi connectivity index (χ3n) is 7.51. The maximum atomic E-state index is 13.2. The summed E-state index contributed by atoms with van der Waals surface area (Å²) in [7, 11) is 3.05. The first-order valence-electron chi connectivity index (χ1n) is 9.85. The van der Waals surface area contributed by atoms with Crippen molar-refractivity contribution in [2.75, 3.05) is 27.3 Å². The average Bonchev–Trinajstić information content (AvgIpc) is 3.21. The first kappa shape index (κ1) is 17.6. The number of aromatic hydroxyl groups is 1. The molecule has 0 amide bonds. The first-order valence-corrected chi connectivity index (χ1v) is 9.85. The highest BCUT2D eigenvalue weighted by Crippen LogP contribution is 2.68. The van der Waals surface area contributed by atoms with Crippen LogP contribution in [-0.4, -0.2) is 38.4 Å². The molecule has 0 aromatic heterocycles. The summed E-state index contributed by atoms with van der Waals surface area (Å²) in [6.45, 7) is 1.39. The second-order valence-electron chi connectivity index (χ2n) is 8.25. The smallest absolute Gasteiger partial charge is 0.314 e. The van der Waals surface area contributed by atoms with Crippen LogP contribution in [0.25, 0.3) is 0 Å². The predicted octanol–water partition coefficient (Wildman–Crippen LogP) is 2.96. The number of carbonyl (C=O) groups excluding carboxylic acids is 1. The summed E-state index contributed by atoms with van der Waals surface area (Å²) in [5.41, 5.74) is 2.65. The number of hydrogen-bond donors (Lipinski definition) is 2. The van der Waals surface area contributed by atoms with Crippen LogP contribution in [0.15, 0.2) is 42.5 Å². The minimum Gasteiger partial charge on any atom is -0.504 e. The molecule has 1 saturated carbocycles. The molecule has 5 heteroatoms. The zero-order valence-electron chi connectivity index (χ0n) is 16.2. The Kier molecular flexibility index (Phi) is 3.75. The maximum absolute atomic E-state index is 13.2. The molecule has 0 spiro atoms. The normalized spacial score (nSPS) is 32.5. The van der Waals surface area contributed by atoms with Gasteiger partial charge in [0.2, 0.25) is 0 Å². The van der Waals surface area contributed by atoms with Gasteiger partial charge in [0, 0.05) is 30.3 Å². The van der Waals surface area contributed by atoms with Crippen LogP contribution in [0, 0.1) is 11.3 Å². The first-order chi connectivity index (χ1) is 13.6. The van der Waals surface area contributed by atoms with Crippen LogP contribution in [0.1, 0.15) is 35.4 Å². The molecule has 2 aromatic rings. The van der Waals surface area contributed by atoms with E-state index in [0.717, 1.165) is 24.9 Å². The van der Waals surface area contributed by atoms with Crippen molar-refractivity contribution in [3.63, 3.8) is 0 Å². The number of fused-ring (bicyclic) bond motifs is 1. The topological polar surface area (TPSA) is 67.8 Å². The molecular weight excluding hydrogens is 354 g/mol. The predicted molar refractivity (Wildman–Crippen MR) is 105 cm³/mol. The summed E-state index contributed by atoms with van der Waals surface area (Å²) in [5, 5.41) is 14.0. The molecule has 2 N–H and O–H groups in total. The van der Waals surface area contributed by atoms with E-state index >= 15 is 0 Å². The molecule has 6 rings (SSSR count). The van der Waals surface area contributed by atoms with Crippen molar-refractivity contribution in [1.82, 2.24) is 5.32 Å². The highest BCUT2D eigenvalue weighted by Gasteiger charge is 2.69. The van der Waals surface area contributed by atoms with E-state index in [0.29, 0.717) is 12.3 Å². The fraction of sp³-hybridized carbons (Fsp3) is 0.435. The van der Waals surface area contributed by atoms with E-state index in [1.807, 2.05) is 18.2 Å². The van der Waals surface area contributed by atoms with Gasteiger partial charge in [0.15, 0.2) is 11.5 Å². The summed E-state index contributed by atoms with van der Waals surface area (Å²) in [4.78, 5) is 13.2. The fourth-order valence-corrected chi connectivity index (χ4v) is 6.49. The van der Waals surface area contributed by atoms with Crippen molar-refractivity contribution in [3.05, 3.63) is 59.2 Å². The van der Waals surface area contributed by atoms with Crippen LogP contribution in [0.2, 0.25) is 0 Å². The van der Waals surface area contributed by atoms with E-state index in [9.17, 15) is 9.90 Å².